The smallest absolute Gasteiger partial charge is 0.161 e. The third-order valence-corrected chi connectivity index (χ3v) is 2.78. The van der Waals surface area contributed by atoms with Crippen LogP contribution in [-0.2, 0) is 0 Å². The van der Waals surface area contributed by atoms with Crippen molar-refractivity contribution in [3.8, 4) is 11.5 Å². The molecule has 1 N–H and O–H groups in total. The minimum Gasteiger partial charge on any atom is -0.497 e. The molecule has 0 amide bonds. The standard InChI is InChI=1S/C14H16N2O3/c1-9-7-15-14(16-8-9)13(17)11-6-10(18-2)4-5-12(11)19-3/h4-8,13,17H,1-3H3. The number of hydrogen-bond acceptors (Lipinski definition) is 5. The van der Waals surface area contributed by atoms with Gasteiger partial charge < -0.3 is 14.6 Å². The van der Waals surface area contributed by atoms with Crippen LogP contribution in [0.1, 0.15) is 23.1 Å². The van der Waals surface area contributed by atoms with E-state index in [2.05, 4.69) is 9.97 Å². The number of hydrogen-bond donors (Lipinski definition) is 1. The summed E-state index contributed by atoms with van der Waals surface area (Å²) in [5.41, 5.74) is 1.51. The maximum Gasteiger partial charge on any atom is 0.161 e. The highest BCUT2D eigenvalue weighted by atomic mass is 16.5. The van der Waals surface area contributed by atoms with Crippen LogP contribution in [0.5, 0.6) is 11.5 Å². The van der Waals surface area contributed by atoms with E-state index in [1.54, 1.807) is 44.8 Å². The van der Waals surface area contributed by atoms with E-state index in [-0.39, 0.29) is 0 Å². The van der Waals surface area contributed by atoms with E-state index in [0.29, 0.717) is 22.9 Å². The molecule has 100 valence electrons. The molecule has 0 aliphatic heterocycles. The van der Waals surface area contributed by atoms with Crippen LogP contribution in [0.15, 0.2) is 30.6 Å². The second-order valence-electron chi connectivity index (χ2n) is 4.13. The SMILES string of the molecule is COc1ccc(OC)c(C(O)c2ncc(C)cn2)c1. The van der Waals surface area contributed by atoms with Crippen molar-refractivity contribution in [3.63, 3.8) is 0 Å². The molecule has 5 heteroatoms. The van der Waals surface area contributed by atoms with Gasteiger partial charge in [0.1, 0.15) is 17.6 Å². The molecule has 5 nitrogen and oxygen atoms in total. The number of rotatable bonds is 4. The van der Waals surface area contributed by atoms with Gasteiger partial charge in [0.15, 0.2) is 5.82 Å². The fourth-order valence-corrected chi connectivity index (χ4v) is 1.74. The van der Waals surface area contributed by atoms with E-state index < -0.39 is 6.10 Å². The van der Waals surface area contributed by atoms with Gasteiger partial charge >= 0.3 is 0 Å². The zero-order valence-corrected chi connectivity index (χ0v) is 11.1. The molecule has 0 aliphatic carbocycles. The quantitative estimate of drug-likeness (QED) is 0.909. The zero-order chi connectivity index (χ0) is 13.8. The van der Waals surface area contributed by atoms with Crippen molar-refractivity contribution in [1.29, 1.82) is 0 Å². The molecule has 0 fully saturated rings. The maximum atomic E-state index is 10.4. The molecule has 0 saturated carbocycles. The highest BCUT2D eigenvalue weighted by molar-refractivity contribution is 5.43. The number of aromatic nitrogens is 2. The van der Waals surface area contributed by atoms with Crippen molar-refractivity contribution in [2.45, 2.75) is 13.0 Å². The van der Waals surface area contributed by atoms with E-state index in [0.717, 1.165) is 5.56 Å². The molecule has 0 spiro atoms. The van der Waals surface area contributed by atoms with Gasteiger partial charge in [-0.2, -0.15) is 0 Å². The van der Waals surface area contributed by atoms with Crippen molar-refractivity contribution in [2.24, 2.45) is 0 Å². The number of aliphatic hydroxyl groups is 1. The Hall–Kier alpha value is -2.14. The van der Waals surface area contributed by atoms with Gasteiger partial charge in [0.25, 0.3) is 0 Å². The number of benzene rings is 1. The summed E-state index contributed by atoms with van der Waals surface area (Å²) in [6.07, 6.45) is 2.38. The Morgan fingerprint density at radius 3 is 2.37 bits per heavy atom. The maximum absolute atomic E-state index is 10.4. The third-order valence-electron chi connectivity index (χ3n) is 2.78. The zero-order valence-electron chi connectivity index (χ0n) is 11.1. The molecule has 2 rings (SSSR count). The molecule has 1 unspecified atom stereocenters. The molecular weight excluding hydrogens is 244 g/mol. The second-order valence-corrected chi connectivity index (χ2v) is 4.13. The van der Waals surface area contributed by atoms with Gasteiger partial charge in [0.05, 0.1) is 14.2 Å². The Labute approximate surface area is 111 Å². The number of aryl methyl sites for hydroxylation is 1. The van der Waals surface area contributed by atoms with Crippen molar-refractivity contribution >= 4 is 0 Å². The molecule has 0 radical (unpaired) electrons. The first-order valence-corrected chi connectivity index (χ1v) is 5.84. The van der Waals surface area contributed by atoms with Crippen LogP contribution in [0.25, 0.3) is 0 Å². The molecule has 19 heavy (non-hydrogen) atoms. The second kappa shape index (κ2) is 5.67. The molecule has 0 aliphatic rings. The summed E-state index contributed by atoms with van der Waals surface area (Å²) < 4.78 is 10.4. The molecule has 0 bridgehead atoms. The van der Waals surface area contributed by atoms with Gasteiger partial charge in [-0.1, -0.05) is 0 Å². The molecule has 1 aromatic carbocycles. The van der Waals surface area contributed by atoms with Gasteiger partial charge in [0, 0.05) is 18.0 Å². The third kappa shape index (κ3) is 2.82. The molecular formula is C14H16N2O3. The number of aliphatic hydroxyl groups excluding tert-OH is 1. The van der Waals surface area contributed by atoms with Crippen LogP contribution < -0.4 is 9.47 Å². The van der Waals surface area contributed by atoms with Gasteiger partial charge in [-0.05, 0) is 30.7 Å². The van der Waals surface area contributed by atoms with Crippen molar-refractivity contribution < 1.29 is 14.6 Å². The highest BCUT2D eigenvalue weighted by Crippen LogP contribution is 2.31. The summed E-state index contributed by atoms with van der Waals surface area (Å²) in [6.45, 7) is 1.89. The van der Waals surface area contributed by atoms with Crippen LogP contribution in [0.2, 0.25) is 0 Å². The predicted octanol–water partition coefficient (Wildman–Crippen LogP) is 1.88. The van der Waals surface area contributed by atoms with E-state index in [1.807, 2.05) is 6.92 Å². The topological polar surface area (TPSA) is 64.5 Å². The Bertz CT molecular complexity index is 555. The Balaban J connectivity index is 2.41. The van der Waals surface area contributed by atoms with E-state index in [4.69, 9.17) is 9.47 Å². The lowest BCUT2D eigenvalue weighted by atomic mass is 10.1. The van der Waals surface area contributed by atoms with Gasteiger partial charge in [-0.3, -0.25) is 0 Å². The van der Waals surface area contributed by atoms with E-state index in [1.165, 1.54) is 0 Å². The average molecular weight is 260 g/mol. The lowest BCUT2D eigenvalue weighted by Crippen LogP contribution is -2.07. The first-order valence-electron chi connectivity index (χ1n) is 5.84. The van der Waals surface area contributed by atoms with Crippen LogP contribution in [0.3, 0.4) is 0 Å². The summed E-state index contributed by atoms with van der Waals surface area (Å²) in [5.74, 6) is 1.54. The minimum atomic E-state index is -0.953. The van der Waals surface area contributed by atoms with Gasteiger partial charge in [-0.15, -0.1) is 0 Å². The predicted molar refractivity (Wildman–Crippen MR) is 70.4 cm³/mol. The van der Waals surface area contributed by atoms with Crippen molar-refractivity contribution in [3.05, 3.63) is 47.5 Å². The van der Waals surface area contributed by atoms with Crippen molar-refractivity contribution in [2.75, 3.05) is 14.2 Å². The Kier molecular flexibility index (Phi) is 3.97. The minimum absolute atomic E-state index is 0.331. The summed E-state index contributed by atoms with van der Waals surface area (Å²) in [6, 6.07) is 5.23. The van der Waals surface area contributed by atoms with Crippen LogP contribution in [-0.4, -0.2) is 29.3 Å². The highest BCUT2D eigenvalue weighted by Gasteiger charge is 2.18. The molecule has 1 aromatic heterocycles. The number of nitrogens with zero attached hydrogens (tertiary/aromatic N) is 2. The normalized spacial score (nSPS) is 12.0. The van der Waals surface area contributed by atoms with Crippen LogP contribution >= 0.6 is 0 Å². The molecule has 1 atom stereocenters. The van der Waals surface area contributed by atoms with E-state index in [9.17, 15) is 5.11 Å². The molecule has 1 heterocycles. The van der Waals surface area contributed by atoms with E-state index >= 15 is 0 Å². The summed E-state index contributed by atoms with van der Waals surface area (Å²) in [4.78, 5) is 8.26. The van der Waals surface area contributed by atoms with Crippen LogP contribution in [0, 0.1) is 6.92 Å². The first-order chi connectivity index (χ1) is 9.15. The fraction of sp³-hybridized carbons (Fsp3) is 0.286. The Morgan fingerprint density at radius 2 is 1.79 bits per heavy atom. The lowest BCUT2D eigenvalue weighted by Gasteiger charge is -2.15. The van der Waals surface area contributed by atoms with Gasteiger partial charge in [-0.25, -0.2) is 9.97 Å². The largest absolute Gasteiger partial charge is 0.497 e. The van der Waals surface area contributed by atoms with Crippen molar-refractivity contribution in [1.82, 2.24) is 9.97 Å². The number of ether oxygens (including phenoxy) is 2. The molecule has 2 aromatic rings. The van der Waals surface area contributed by atoms with Gasteiger partial charge in [0.2, 0.25) is 0 Å². The lowest BCUT2D eigenvalue weighted by molar-refractivity contribution is 0.204. The fourth-order valence-electron chi connectivity index (χ4n) is 1.74. The summed E-state index contributed by atoms with van der Waals surface area (Å²) >= 11 is 0. The Morgan fingerprint density at radius 1 is 1.11 bits per heavy atom. The number of methoxy groups -OCH3 is 2. The molecule has 0 saturated heterocycles. The summed E-state index contributed by atoms with van der Waals surface area (Å²) in [5, 5.41) is 10.4. The van der Waals surface area contributed by atoms with Crippen LogP contribution in [0.4, 0.5) is 0 Å². The average Bonchev–Trinajstić information content (AvgIpc) is 2.46. The monoisotopic (exact) mass is 260 g/mol. The summed E-state index contributed by atoms with van der Waals surface area (Å²) in [7, 11) is 3.12. The first kappa shape index (κ1) is 13.3.